The molecule has 3 nitrogen and oxygen atoms in total. The average Bonchev–Trinajstić information content (AvgIpc) is 2.40. The Hall–Kier alpha value is -1.13. The monoisotopic (exact) mass is 279 g/mol. The van der Waals surface area contributed by atoms with E-state index in [9.17, 15) is 4.39 Å². The molecule has 1 fully saturated rings. The van der Waals surface area contributed by atoms with Gasteiger partial charge in [-0.2, -0.15) is 0 Å². The van der Waals surface area contributed by atoms with Crippen molar-refractivity contribution in [1.29, 1.82) is 0 Å². The molecule has 0 aliphatic carbocycles. The molecular formula is C16H26FN3. The van der Waals surface area contributed by atoms with E-state index in [0.29, 0.717) is 6.54 Å². The maximum absolute atomic E-state index is 13.4. The summed E-state index contributed by atoms with van der Waals surface area (Å²) in [6, 6.07) is 5.10. The first-order chi connectivity index (χ1) is 9.60. The van der Waals surface area contributed by atoms with Crippen LogP contribution in [0.3, 0.4) is 0 Å². The summed E-state index contributed by atoms with van der Waals surface area (Å²) in [5.41, 5.74) is 7.85. The highest BCUT2D eigenvalue weighted by atomic mass is 19.1. The van der Waals surface area contributed by atoms with Crippen LogP contribution in [0, 0.1) is 11.7 Å². The average molecular weight is 279 g/mol. The standard InChI is InChI=1S/C16H26FN3/c1-19(2)12-13-6-9-20(10-7-13)16-4-3-15(17)11-14(16)5-8-18/h3-4,11,13H,5-10,12,18H2,1-2H3. The van der Waals surface area contributed by atoms with Gasteiger partial charge in [-0.3, -0.25) is 0 Å². The summed E-state index contributed by atoms with van der Waals surface area (Å²) >= 11 is 0. The van der Waals surface area contributed by atoms with E-state index >= 15 is 0 Å². The number of hydrogen-bond donors (Lipinski definition) is 1. The molecule has 1 aliphatic rings. The first-order valence-electron chi connectivity index (χ1n) is 7.48. The van der Waals surface area contributed by atoms with E-state index in [1.807, 2.05) is 6.07 Å². The van der Waals surface area contributed by atoms with Crippen molar-refractivity contribution in [2.75, 3.05) is 45.2 Å². The van der Waals surface area contributed by atoms with Crippen LogP contribution in [0.1, 0.15) is 18.4 Å². The number of benzene rings is 1. The van der Waals surface area contributed by atoms with Gasteiger partial charge in [0, 0.05) is 25.3 Å². The zero-order valence-electron chi connectivity index (χ0n) is 12.6. The molecule has 112 valence electrons. The zero-order chi connectivity index (χ0) is 14.5. The van der Waals surface area contributed by atoms with Crippen LogP contribution in [-0.4, -0.2) is 45.2 Å². The molecular weight excluding hydrogens is 253 g/mol. The first kappa shape index (κ1) is 15.3. The van der Waals surface area contributed by atoms with E-state index in [0.717, 1.165) is 37.5 Å². The molecule has 0 unspecified atom stereocenters. The van der Waals surface area contributed by atoms with Gasteiger partial charge in [-0.25, -0.2) is 4.39 Å². The van der Waals surface area contributed by atoms with Crippen molar-refractivity contribution in [3.8, 4) is 0 Å². The van der Waals surface area contributed by atoms with Gasteiger partial charge < -0.3 is 15.5 Å². The molecule has 4 heteroatoms. The number of piperidine rings is 1. The van der Waals surface area contributed by atoms with Gasteiger partial charge in [0.1, 0.15) is 5.82 Å². The third-order valence-corrected chi connectivity index (χ3v) is 4.03. The van der Waals surface area contributed by atoms with Crippen LogP contribution in [0.2, 0.25) is 0 Å². The molecule has 2 rings (SSSR count). The predicted octanol–water partition coefficient (Wildman–Crippen LogP) is 2.10. The third kappa shape index (κ3) is 3.93. The van der Waals surface area contributed by atoms with Gasteiger partial charge in [0.05, 0.1) is 0 Å². The second-order valence-corrected chi connectivity index (χ2v) is 6.00. The fourth-order valence-electron chi connectivity index (χ4n) is 3.09. The normalized spacial score (nSPS) is 16.9. The summed E-state index contributed by atoms with van der Waals surface area (Å²) in [5.74, 6) is 0.611. The fourth-order valence-corrected chi connectivity index (χ4v) is 3.09. The molecule has 1 saturated heterocycles. The Morgan fingerprint density at radius 1 is 1.30 bits per heavy atom. The van der Waals surface area contributed by atoms with Crippen molar-refractivity contribution in [1.82, 2.24) is 4.90 Å². The van der Waals surface area contributed by atoms with E-state index in [-0.39, 0.29) is 5.82 Å². The number of nitrogens with zero attached hydrogens (tertiary/aromatic N) is 2. The minimum atomic E-state index is -0.167. The zero-order valence-corrected chi connectivity index (χ0v) is 12.6. The number of halogens is 1. The van der Waals surface area contributed by atoms with E-state index < -0.39 is 0 Å². The van der Waals surface area contributed by atoms with E-state index in [1.54, 1.807) is 12.1 Å². The number of rotatable bonds is 5. The molecule has 0 atom stereocenters. The Balaban J connectivity index is 2.03. The van der Waals surface area contributed by atoms with Gasteiger partial charge in [0.15, 0.2) is 0 Å². The highest BCUT2D eigenvalue weighted by molar-refractivity contribution is 5.54. The lowest BCUT2D eigenvalue weighted by Gasteiger charge is -2.35. The Morgan fingerprint density at radius 3 is 2.60 bits per heavy atom. The molecule has 0 bridgehead atoms. The van der Waals surface area contributed by atoms with E-state index in [4.69, 9.17) is 5.73 Å². The topological polar surface area (TPSA) is 32.5 Å². The van der Waals surface area contributed by atoms with Gasteiger partial charge in [-0.05, 0) is 69.6 Å². The molecule has 1 aromatic rings. The summed E-state index contributed by atoms with van der Waals surface area (Å²) in [7, 11) is 4.26. The second-order valence-electron chi connectivity index (χ2n) is 6.00. The lowest BCUT2D eigenvalue weighted by Crippen LogP contribution is -2.37. The molecule has 1 aromatic carbocycles. The SMILES string of the molecule is CN(C)CC1CCN(c2ccc(F)cc2CCN)CC1. The number of anilines is 1. The Bertz CT molecular complexity index is 426. The molecule has 20 heavy (non-hydrogen) atoms. The van der Waals surface area contributed by atoms with Gasteiger partial charge in [-0.1, -0.05) is 0 Å². The maximum Gasteiger partial charge on any atom is 0.123 e. The molecule has 0 saturated carbocycles. The van der Waals surface area contributed by atoms with Crippen LogP contribution < -0.4 is 10.6 Å². The molecule has 0 aromatic heterocycles. The third-order valence-electron chi connectivity index (χ3n) is 4.03. The lowest BCUT2D eigenvalue weighted by molar-refractivity contribution is 0.285. The highest BCUT2D eigenvalue weighted by Gasteiger charge is 2.21. The molecule has 1 aliphatic heterocycles. The molecule has 0 amide bonds. The van der Waals surface area contributed by atoms with Crippen LogP contribution in [0.4, 0.5) is 10.1 Å². The smallest absolute Gasteiger partial charge is 0.123 e. The van der Waals surface area contributed by atoms with Gasteiger partial charge in [0.2, 0.25) is 0 Å². The first-order valence-corrected chi connectivity index (χ1v) is 7.48. The maximum atomic E-state index is 13.4. The summed E-state index contributed by atoms with van der Waals surface area (Å²) in [6.07, 6.45) is 3.15. The molecule has 1 heterocycles. The molecule has 0 spiro atoms. The van der Waals surface area contributed by atoms with Crippen molar-refractivity contribution in [2.45, 2.75) is 19.3 Å². The van der Waals surface area contributed by atoms with Crippen molar-refractivity contribution in [3.05, 3.63) is 29.6 Å². The Morgan fingerprint density at radius 2 is 2.00 bits per heavy atom. The van der Waals surface area contributed by atoms with Crippen LogP contribution in [-0.2, 0) is 6.42 Å². The summed E-state index contributed by atoms with van der Waals surface area (Å²) in [6.45, 7) is 3.84. The van der Waals surface area contributed by atoms with Gasteiger partial charge in [0.25, 0.3) is 0 Å². The van der Waals surface area contributed by atoms with Crippen molar-refractivity contribution >= 4 is 5.69 Å². The number of hydrogen-bond acceptors (Lipinski definition) is 3. The molecule has 2 N–H and O–H groups in total. The van der Waals surface area contributed by atoms with Gasteiger partial charge >= 0.3 is 0 Å². The highest BCUT2D eigenvalue weighted by Crippen LogP contribution is 2.27. The fraction of sp³-hybridized carbons (Fsp3) is 0.625. The van der Waals surface area contributed by atoms with E-state index in [1.165, 1.54) is 18.5 Å². The minimum absolute atomic E-state index is 0.167. The number of nitrogens with two attached hydrogens (primary N) is 1. The lowest BCUT2D eigenvalue weighted by atomic mass is 9.95. The van der Waals surface area contributed by atoms with Crippen LogP contribution >= 0.6 is 0 Å². The predicted molar refractivity (Wildman–Crippen MR) is 82.6 cm³/mol. The Labute approximate surface area is 121 Å². The second kappa shape index (κ2) is 7.04. The van der Waals surface area contributed by atoms with Crippen molar-refractivity contribution < 1.29 is 4.39 Å². The van der Waals surface area contributed by atoms with Crippen LogP contribution in [0.15, 0.2) is 18.2 Å². The largest absolute Gasteiger partial charge is 0.371 e. The van der Waals surface area contributed by atoms with Crippen molar-refractivity contribution in [2.24, 2.45) is 11.7 Å². The van der Waals surface area contributed by atoms with Crippen molar-refractivity contribution in [3.63, 3.8) is 0 Å². The Kier molecular flexibility index (Phi) is 5.38. The quantitative estimate of drug-likeness (QED) is 0.896. The summed E-state index contributed by atoms with van der Waals surface area (Å²) in [5, 5.41) is 0. The van der Waals surface area contributed by atoms with Crippen LogP contribution in [0.25, 0.3) is 0 Å². The summed E-state index contributed by atoms with van der Waals surface area (Å²) in [4.78, 5) is 4.65. The van der Waals surface area contributed by atoms with Crippen LogP contribution in [0.5, 0.6) is 0 Å². The minimum Gasteiger partial charge on any atom is -0.371 e. The van der Waals surface area contributed by atoms with E-state index in [2.05, 4.69) is 23.9 Å². The van der Waals surface area contributed by atoms with Gasteiger partial charge in [-0.15, -0.1) is 0 Å². The molecule has 0 radical (unpaired) electrons. The summed E-state index contributed by atoms with van der Waals surface area (Å²) < 4.78 is 13.4.